The second-order valence-electron chi connectivity index (χ2n) is 5.80. The summed E-state index contributed by atoms with van der Waals surface area (Å²) >= 11 is 0. The summed E-state index contributed by atoms with van der Waals surface area (Å²) in [6.07, 6.45) is 8.20. The van der Waals surface area contributed by atoms with Crippen molar-refractivity contribution < 1.29 is 13.2 Å². The van der Waals surface area contributed by atoms with Crippen LogP contribution in [0.2, 0.25) is 0 Å². The molecule has 0 fully saturated rings. The van der Waals surface area contributed by atoms with E-state index in [-0.39, 0.29) is 18.2 Å². The third-order valence-corrected chi connectivity index (χ3v) is 5.12. The highest BCUT2D eigenvalue weighted by Gasteiger charge is 2.25. The number of anilines is 1. The van der Waals surface area contributed by atoms with Gasteiger partial charge in [0.1, 0.15) is 5.84 Å². The molecule has 9 heteroatoms. The Morgan fingerprint density at radius 3 is 2.88 bits per heavy atom. The largest absolute Gasteiger partial charge is 0.330 e. The summed E-state index contributed by atoms with van der Waals surface area (Å²) in [6, 6.07) is 9.15. The fraction of sp³-hybridized carbons (Fsp3) is 0.118. The van der Waals surface area contributed by atoms with E-state index < -0.39 is 10.0 Å². The van der Waals surface area contributed by atoms with Crippen LogP contribution in [0.15, 0.2) is 71.0 Å². The molecule has 0 bridgehead atoms. The highest BCUT2D eigenvalue weighted by atomic mass is 32.2. The maximum Gasteiger partial charge on any atom is 0.257 e. The summed E-state index contributed by atoms with van der Waals surface area (Å²) in [7, 11) is -3.41. The average molecular weight is 369 g/mol. The number of benzene rings is 1. The maximum atomic E-state index is 12.5. The van der Waals surface area contributed by atoms with Gasteiger partial charge in [0.05, 0.1) is 17.0 Å². The molecule has 1 amide bonds. The molecule has 2 aromatic rings. The van der Waals surface area contributed by atoms with Crippen LogP contribution in [0.3, 0.4) is 0 Å². The van der Waals surface area contributed by atoms with E-state index in [1.54, 1.807) is 34.1 Å². The molecule has 0 spiro atoms. The molecule has 1 N–H and O–H groups in total. The predicted octanol–water partition coefficient (Wildman–Crippen LogP) is 1.31. The minimum atomic E-state index is -3.41. The van der Waals surface area contributed by atoms with E-state index in [0.29, 0.717) is 17.1 Å². The van der Waals surface area contributed by atoms with Gasteiger partial charge in [0.25, 0.3) is 15.9 Å². The van der Waals surface area contributed by atoms with Crippen LogP contribution in [0.4, 0.5) is 5.69 Å². The third kappa shape index (κ3) is 3.29. The number of nitrogens with zero attached hydrogens (tertiary/aromatic N) is 4. The molecule has 0 saturated heterocycles. The molecule has 0 aliphatic carbocycles. The minimum absolute atomic E-state index is 0.0678. The number of carbonyl (C=O) groups is 1. The van der Waals surface area contributed by atoms with E-state index in [1.165, 1.54) is 6.08 Å². The van der Waals surface area contributed by atoms with E-state index in [4.69, 9.17) is 0 Å². The topological polar surface area (TPSA) is 96.7 Å². The SMILES string of the molecule is O=C(Nc1cccc(-n2cccn2)c1)C1=CN2CCS(=O)(=O)N=C2C=C1. The molecular weight excluding hydrogens is 354 g/mol. The van der Waals surface area contributed by atoms with E-state index in [0.717, 1.165) is 5.69 Å². The standard InChI is InChI=1S/C17H15N5O3S/c23-17(13-5-6-16-20-26(24,25)10-9-21(16)12-13)19-14-3-1-4-15(11-14)22-8-2-7-18-22/h1-8,11-12H,9-10H2,(H,19,23). The summed E-state index contributed by atoms with van der Waals surface area (Å²) in [5, 5.41) is 7.01. The molecule has 0 saturated carbocycles. The van der Waals surface area contributed by atoms with Crippen molar-refractivity contribution in [2.45, 2.75) is 0 Å². The first kappa shape index (κ1) is 16.3. The van der Waals surface area contributed by atoms with Crippen molar-refractivity contribution in [3.8, 4) is 5.69 Å². The van der Waals surface area contributed by atoms with E-state index in [9.17, 15) is 13.2 Å². The maximum absolute atomic E-state index is 12.5. The molecule has 8 nitrogen and oxygen atoms in total. The van der Waals surface area contributed by atoms with Crippen LogP contribution in [0.5, 0.6) is 0 Å². The normalized spacial score (nSPS) is 17.9. The molecule has 3 heterocycles. The zero-order valence-electron chi connectivity index (χ0n) is 13.6. The Hall–Kier alpha value is -3.20. The number of amidine groups is 1. The number of aromatic nitrogens is 2. The molecular formula is C17H15N5O3S. The van der Waals surface area contributed by atoms with Gasteiger partial charge < -0.3 is 10.2 Å². The monoisotopic (exact) mass is 369 g/mol. The van der Waals surface area contributed by atoms with Gasteiger partial charge in [0.15, 0.2) is 0 Å². The van der Waals surface area contributed by atoms with Crippen LogP contribution in [-0.2, 0) is 14.8 Å². The van der Waals surface area contributed by atoms with Crippen molar-refractivity contribution >= 4 is 27.5 Å². The highest BCUT2D eigenvalue weighted by molar-refractivity contribution is 7.90. The Morgan fingerprint density at radius 1 is 1.19 bits per heavy atom. The zero-order chi connectivity index (χ0) is 18.1. The Labute approximate surface area is 150 Å². The second kappa shape index (κ2) is 6.26. The Bertz CT molecular complexity index is 1050. The first-order chi connectivity index (χ1) is 12.5. The Kier molecular flexibility index (Phi) is 3.92. The number of carbonyl (C=O) groups excluding carboxylic acids is 1. The van der Waals surface area contributed by atoms with Gasteiger partial charge in [-0.2, -0.15) is 5.10 Å². The Morgan fingerprint density at radius 2 is 2.08 bits per heavy atom. The van der Waals surface area contributed by atoms with Crippen molar-refractivity contribution in [1.29, 1.82) is 0 Å². The number of hydrogen-bond acceptors (Lipinski definition) is 5. The van der Waals surface area contributed by atoms with Crippen molar-refractivity contribution in [3.05, 3.63) is 66.7 Å². The lowest BCUT2D eigenvalue weighted by Gasteiger charge is -2.26. The highest BCUT2D eigenvalue weighted by Crippen LogP contribution is 2.19. The summed E-state index contributed by atoms with van der Waals surface area (Å²) in [4.78, 5) is 14.2. The minimum Gasteiger partial charge on any atom is -0.330 e. The van der Waals surface area contributed by atoms with Gasteiger partial charge in [0.2, 0.25) is 0 Å². The van der Waals surface area contributed by atoms with Crippen molar-refractivity contribution in [2.24, 2.45) is 4.40 Å². The number of fused-ring (bicyclic) bond motifs is 1. The smallest absolute Gasteiger partial charge is 0.257 e. The summed E-state index contributed by atoms with van der Waals surface area (Å²) in [5.74, 6) is -0.0263. The lowest BCUT2D eigenvalue weighted by Crippen LogP contribution is -2.37. The molecule has 0 atom stereocenters. The number of hydrogen-bond donors (Lipinski definition) is 1. The van der Waals surface area contributed by atoms with Crippen LogP contribution in [-0.4, -0.2) is 47.1 Å². The Balaban J connectivity index is 1.52. The lowest BCUT2D eigenvalue weighted by atomic mass is 10.1. The summed E-state index contributed by atoms with van der Waals surface area (Å²) in [6.45, 7) is 0.275. The number of nitrogens with one attached hydrogen (secondary N) is 1. The number of sulfonamides is 1. The number of amides is 1. The third-order valence-electron chi connectivity index (χ3n) is 3.96. The van der Waals surface area contributed by atoms with Gasteiger partial charge in [0, 0.05) is 30.8 Å². The number of rotatable bonds is 3. The van der Waals surface area contributed by atoms with E-state index >= 15 is 0 Å². The van der Waals surface area contributed by atoms with Gasteiger partial charge in [-0.15, -0.1) is 4.40 Å². The van der Waals surface area contributed by atoms with Crippen molar-refractivity contribution in [1.82, 2.24) is 14.7 Å². The van der Waals surface area contributed by atoms with Crippen LogP contribution in [0, 0.1) is 0 Å². The molecule has 1 aromatic heterocycles. The fourth-order valence-corrected chi connectivity index (χ4v) is 3.66. The first-order valence-electron chi connectivity index (χ1n) is 7.91. The molecule has 26 heavy (non-hydrogen) atoms. The van der Waals surface area contributed by atoms with Crippen LogP contribution in [0.1, 0.15) is 0 Å². The van der Waals surface area contributed by atoms with Gasteiger partial charge in [-0.05, 0) is 36.4 Å². The molecule has 2 aliphatic rings. The lowest BCUT2D eigenvalue weighted by molar-refractivity contribution is -0.112. The summed E-state index contributed by atoms with van der Waals surface area (Å²) < 4.78 is 28.5. The van der Waals surface area contributed by atoms with Crippen LogP contribution < -0.4 is 5.32 Å². The van der Waals surface area contributed by atoms with Gasteiger partial charge in [-0.25, -0.2) is 13.1 Å². The molecule has 4 rings (SSSR count). The molecule has 132 valence electrons. The summed E-state index contributed by atoms with van der Waals surface area (Å²) in [5.41, 5.74) is 1.89. The van der Waals surface area contributed by atoms with Crippen LogP contribution in [0.25, 0.3) is 5.69 Å². The second-order valence-corrected chi connectivity index (χ2v) is 7.56. The van der Waals surface area contributed by atoms with Gasteiger partial charge in [-0.3, -0.25) is 4.79 Å². The molecule has 1 aromatic carbocycles. The fourth-order valence-electron chi connectivity index (χ4n) is 2.69. The van der Waals surface area contributed by atoms with Gasteiger partial charge >= 0.3 is 0 Å². The molecule has 2 aliphatic heterocycles. The quantitative estimate of drug-likeness (QED) is 0.880. The zero-order valence-corrected chi connectivity index (χ0v) is 14.4. The first-order valence-corrected chi connectivity index (χ1v) is 9.52. The predicted molar refractivity (Wildman–Crippen MR) is 97.3 cm³/mol. The average Bonchev–Trinajstić information content (AvgIpc) is 3.15. The molecule has 0 unspecified atom stereocenters. The van der Waals surface area contributed by atoms with Crippen LogP contribution >= 0.6 is 0 Å². The van der Waals surface area contributed by atoms with Gasteiger partial charge in [-0.1, -0.05) is 6.07 Å². The van der Waals surface area contributed by atoms with E-state index in [1.807, 2.05) is 30.5 Å². The van der Waals surface area contributed by atoms with Crippen molar-refractivity contribution in [3.63, 3.8) is 0 Å². The molecule has 0 radical (unpaired) electrons. The van der Waals surface area contributed by atoms with Crippen molar-refractivity contribution in [2.75, 3.05) is 17.6 Å². The van der Waals surface area contributed by atoms with E-state index in [2.05, 4.69) is 14.8 Å².